The molecule has 2 fully saturated rings. The molecular weight excluding hydrogens is 330 g/mol. The summed E-state index contributed by atoms with van der Waals surface area (Å²) in [5.41, 5.74) is 7.05. The van der Waals surface area contributed by atoms with Crippen molar-refractivity contribution in [1.29, 1.82) is 0 Å². The number of hydrazine groups is 1. The summed E-state index contributed by atoms with van der Waals surface area (Å²) < 4.78 is 0. The Bertz CT molecular complexity index is 639. The summed E-state index contributed by atoms with van der Waals surface area (Å²) >= 11 is 6.22. The van der Waals surface area contributed by atoms with Crippen molar-refractivity contribution in [3.63, 3.8) is 0 Å². The van der Waals surface area contributed by atoms with E-state index in [0.29, 0.717) is 30.3 Å². The molecule has 1 aromatic carbocycles. The van der Waals surface area contributed by atoms with Crippen LogP contribution in [0, 0.1) is 5.92 Å². The highest BCUT2D eigenvalue weighted by Gasteiger charge is 2.40. The maximum absolute atomic E-state index is 12.8. The minimum absolute atomic E-state index is 0.0698. The molecule has 1 amide bonds. The van der Waals surface area contributed by atoms with Crippen molar-refractivity contribution in [3.8, 4) is 0 Å². The third kappa shape index (κ3) is 3.41. The average molecular weight is 352 g/mol. The molecule has 3 N–H and O–H groups in total. The molecule has 0 aromatic heterocycles. The number of piperidine rings is 1. The lowest BCUT2D eigenvalue weighted by molar-refractivity contribution is -0.153. The number of hydrogen-bond acceptors (Lipinski definition) is 4. The van der Waals surface area contributed by atoms with Crippen molar-refractivity contribution in [2.24, 2.45) is 5.92 Å². The Hall–Kier alpha value is -1.63. The Balaban J connectivity index is 1.70. The monoisotopic (exact) mass is 351 g/mol. The maximum atomic E-state index is 12.8. The van der Waals surface area contributed by atoms with Crippen molar-refractivity contribution in [2.75, 3.05) is 6.54 Å². The fraction of sp³-hybridized carbons (Fsp3) is 0.529. The summed E-state index contributed by atoms with van der Waals surface area (Å²) in [7, 11) is 0. The number of nitrogens with one attached hydrogen (secondary N) is 2. The molecule has 7 heteroatoms. The molecule has 2 aliphatic rings. The van der Waals surface area contributed by atoms with Gasteiger partial charge in [-0.05, 0) is 36.8 Å². The number of nitrogens with zero attached hydrogens (tertiary/aromatic N) is 1. The van der Waals surface area contributed by atoms with E-state index in [2.05, 4.69) is 10.9 Å². The van der Waals surface area contributed by atoms with Crippen LogP contribution in [0.25, 0.3) is 0 Å². The van der Waals surface area contributed by atoms with Gasteiger partial charge in [0.1, 0.15) is 12.1 Å². The van der Waals surface area contributed by atoms with Gasteiger partial charge in [0.2, 0.25) is 5.91 Å². The van der Waals surface area contributed by atoms with Crippen molar-refractivity contribution >= 4 is 23.5 Å². The number of halogens is 1. The van der Waals surface area contributed by atoms with E-state index >= 15 is 0 Å². The molecule has 3 rings (SSSR count). The van der Waals surface area contributed by atoms with E-state index in [0.717, 1.165) is 12.0 Å². The molecule has 4 unspecified atom stereocenters. The van der Waals surface area contributed by atoms with Gasteiger partial charge in [0.25, 0.3) is 0 Å². The third-order valence-electron chi connectivity index (χ3n) is 4.91. The lowest BCUT2D eigenvalue weighted by Gasteiger charge is -2.37. The van der Waals surface area contributed by atoms with Crippen LogP contribution in [0.2, 0.25) is 5.02 Å². The molecule has 130 valence electrons. The highest BCUT2D eigenvalue weighted by atomic mass is 35.5. The van der Waals surface area contributed by atoms with Crippen LogP contribution in [-0.2, 0) is 9.59 Å². The van der Waals surface area contributed by atoms with Gasteiger partial charge in [-0.15, -0.1) is 0 Å². The predicted octanol–water partition coefficient (Wildman–Crippen LogP) is 1.96. The lowest BCUT2D eigenvalue weighted by Crippen LogP contribution is -2.55. The first-order valence-corrected chi connectivity index (χ1v) is 8.64. The zero-order valence-electron chi connectivity index (χ0n) is 13.5. The smallest absolute Gasteiger partial charge is 0.326 e. The van der Waals surface area contributed by atoms with Gasteiger partial charge in [-0.1, -0.05) is 36.7 Å². The third-order valence-corrected chi connectivity index (χ3v) is 5.26. The molecule has 6 nitrogen and oxygen atoms in total. The molecule has 0 bridgehead atoms. The Kier molecular flexibility index (Phi) is 5.08. The van der Waals surface area contributed by atoms with Crippen molar-refractivity contribution in [2.45, 2.75) is 44.3 Å². The number of rotatable bonds is 3. The van der Waals surface area contributed by atoms with Gasteiger partial charge >= 0.3 is 5.97 Å². The van der Waals surface area contributed by atoms with E-state index in [1.165, 1.54) is 4.90 Å². The zero-order chi connectivity index (χ0) is 17.3. The van der Waals surface area contributed by atoms with E-state index in [1.54, 1.807) is 0 Å². The molecule has 0 spiro atoms. The molecule has 4 atom stereocenters. The van der Waals surface area contributed by atoms with Crippen LogP contribution >= 0.6 is 11.6 Å². The van der Waals surface area contributed by atoms with Crippen molar-refractivity contribution in [3.05, 3.63) is 34.9 Å². The fourth-order valence-corrected chi connectivity index (χ4v) is 3.79. The van der Waals surface area contributed by atoms with Crippen LogP contribution in [0.4, 0.5) is 0 Å². The number of carbonyl (C=O) groups is 2. The molecular formula is C17H22ClN3O3. The Morgan fingerprint density at radius 2 is 2.00 bits per heavy atom. The largest absolute Gasteiger partial charge is 0.480 e. The molecule has 24 heavy (non-hydrogen) atoms. The van der Waals surface area contributed by atoms with Crippen LogP contribution in [0.15, 0.2) is 24.3 Å². The molecule has 2 aliphatic heterocycles. The second kappa shape index (κ2) is 7.09. The first-order chi connectivity index (χ1) is 11.5. The van der Waals surface area contributed by atoms with Gasteiger partial charge in [-0.2, -0.15) is 0 Å². The zero-order valence-corrected chi connectivity index (χ0v) is 14.3. The van der Waals surface area contributed by atoms with Crippen molar-refractivity contribution < 1.29 is 14.7 Å². The number of carbonyl (C=O) groups excluding carboxylic acids is 1. The summed E-state index contributed by atoms with van der Waals surface area (Å²) in [5, 5.41) is 10.1. The minimum atomic E-state index is -0.927. The van der Waals surface area contributed by atoms with Crippen LogP contribution in [-0.4, -0.2) is 40.5 Å². The number of amides is 1. The molecule has 1 aromatic rings. The van der Waals surface area contributed by atoms with Crippen LogP contribution < -0.4 is 10.9 Å². The summed E-state index contributed by atoms with van der Waals surface area (Å²) in [6, 6.07) is 6.27. The summed E-state index contributed by atoms with van der Waals surface area (Å²) in [6.45, 7) is 2.52. The van der Waals surface area contributed by atoms with E-state index in [4.69, 9.17) is 11.6 Å². The van der Waals surface area contributed by atoms with Crippen LogP contribution in [0.5, 0.6) is 0 Å². The number of benzene rings is 1. The summed E-state index contributed by atoms with van der Waals surface area (Å²) in [6.07, 6.45) is 1.89. The standard InChI is InChI=1S/C17H22ClN3O3/c1-10-6-7-21(15(8-10)17(23)24)16(22)14-9-13(19-20-14)11-4-2-3-5-12(11)18/h2-5,10,13-15,19-20H,6-9H2,1H3,(H,23,24). The highest BCUT2D eigenvalue weighted by Crippen LogP contribution is 2.30. The number of hydrogen-bond donors (Lipinski definition) is 3. The topological polar surface area (TPSA) is 81.7 Å². The van der Waals surface area contributed by atoms with Gasteiger partial charge in [0, 0.05) is 17.6 Å². The molecule has 2 heterocycles. The summed E-state index contributed by atoms with van der Waals surface area (Å²) in [5.74, 6) is -0.763. The van der Waals surface area contributed by atoms with Gasteiger partial charge < -0.3 is 10.0 Å². The number of carboxylic acids is 1. The molecule has 0 saturated carbocycles. The second-order valence-corrected chi connectivity index (χ2v) is 7.07. The van der Waals surface area contributed by atoms with Gasteiger partial charge in [0.05, 0.1) is 0 Å². The second-order valence-electron chi connectivity index (χ2n) is 6.67. The SMILES string of the molecule is CC1CCN(C(=O)C2CC(c3ccccc3Cl)NN2)C(C(=O)O)C1. The molecule has 0 radical (unpaired) electrons. The Morgan fingerprint density at radius 1 is 1.25 bits per heavy atom. The number of aliphatic carboxylic acids is 1. The van der Waals surface area contributed by atoms with Crippen LogP contribution in [0.1, 0.15) is 37.8 Å². The normalized spacial score (nSPS) is 30.3. The quantitative estimate of drug-likeness (QED) is 0.775. The first-order valence-electron chi connectivity index (χ1n) is 8.26. The van der Waals surface area contributed by atoms with Gasteiger partial charge in [-0.25, -0.2) is 15.6 Å². The Morgan fingerprint density at radius 3 is 2.71 bits per heavy atom. The maximum Gasteiger partial charge on any atom is 0.326 e. The van der Waals surface area contributed by atoms with E-state index in [-0.39, 0.29) is 11.9 Å². The highest BCUT2D eigenvalue weighted by molar-refractivity contribution is 6.31. The average Bonchev–Trinajstić information content (AvgIpc) is 3.04. The van der Waals surface area contributed by atoms with E-state index in [9.17, 15) is 14.7 Å². The number of carboxylic acid groups (broad SMARTS) is 1. The molecule has 2 saturated heterocycles. The fourth-order valence-electron chi connectivity index (χ4n) is 3.52. The van der Waals surface area contributed by atoms with Crippen LogP contribution in [0.3, 0.4) is 0 Å². The van der Waals surface area contributed by atoms with E-state index in [1.807, 2.05) is 31.2 Å². The van der Waals surface area contributed by atoms with E-state index < -0.39 is 18.1 Å². The first kappa shape index (κ1) is 17.2. The van der Waals surface area contributed by atoms with Gasteiger partial charge in [0.15, 0.2) is 0 Å². The number of likely N-dealkylation sites (tertiary alicyclic amines) is 1. The Labute approximate surface area is 146 Å². The molecule has 0 aliphatic carbocycles. The predicted molar refractivity (Wildman–Crippen MR) is 90.4 cm³/mol. The lowest BCUT2D eigenvalue weighted by atomic mass is 9.91. The van der Waals surface area contributed by atoms with Gasteiger partial charge in [-0.3, -0.25) is 4.79 Å². The minimum Gasteiger partial charge on any atom is -0.480 e. The summed E-state index contributed by atoms with van der Waals surface area (Å²) in [4.78, 5) is 25.8. The van der Waals surface area contributed by atoms with Crippen molar-refractivity contribution in [1.82, 2.24) is 15.8 Å².